The summed E-state index contributed by atoms with van der Waals surface area (Å²) in [7, 11) is 0. The lowest BCUT2D eigenvalue weighted by Crippen LogP contribution is -2.33. The van der Waals surface area contributed by atoms with Gasteiger partial charge in [-0.05, 0) is 26.8 Å². The van der Waals surface area contributed by atoms with Gasteiger partial charge in [-0.1, -0.05) is 0 Å². The zero-order valence-electron chi connectivity index (χ0n) is 11.6. The molecule has 2 heterocycles. The van der Waals surface area contributed by atoms with Crippen LogP contribution in [0.3, 0.4) is 0 Å². The van der Waals surface area contributed by atoms with Gasteiger partial charge in [0.25, 0.3) is 5.91 Å². The van der Waals surface area contributed by atoms with E-state index in [1.807, 2.05) is 19.9 Å². The van der Waals surface area contributed by atoms with Crippen LogP contribution < -0.4 is 11.0 Å². The maximum absolute atomic E-state index is 11.8. The summed E-state index contributed by atoms with van der Waals surface area (Å²) < 4.78 is 1.54. The molecule has 1 N–H and O–H groups in total. The Labute approximate surface area is 120 Å². The minimum atomic E-state index is -0.291. The molecule has 0 fully saturated rings. The van der Waals surface area contributed by atoms with Crippen LogP contribution in [-0.2, 0) is 6.54 Å². The number of aryl methyl sites for hydroxylation is 3. The van der Waals surface area contributed by atoms with Crippen LogP contribution >= 0.6 is 11.3 Å². The van der Waals surface area contributed by atoms with Crippen LogP contribution in [0.2, 0.25) is 0 Å². The van der Waals surface area contributed by atoms with E-state index in [0.29, 0.717) is 24.5 Å². The molecule has 1 amide bonds. The lowest BCUT2D eigenvalue weighted by Gasteiger charge is -2.10. The van der Waals surface area contributed by atoms with E-state index in [4.69, 9.17) is 0 Å². The summed E-state index contributed by atoms with van der Waals surface area (Å²) in [5.41, 5.74) is 1.66. The molecule has 0 unspecified atom stereocenters. The van der Waals surface area contributed by atoms with Gasteiger partial charge in [0.05, 0.1) is 5.01 Å². The topological polar surface area (TPSA) is 76.9 Å². The van der Waals surface area contributed by atoms with Gasteiger partial charge in [-0.2, -0.15) is 4.98 Å². The van der Waals surface area contributed by atoms with Crippen LogP contribution in [0.4, 0.5) is 0 Å². The molecule has 106 valence electrons. The fourth-order valence-electron chi connectivity index (χ4n) is 1.89. The Kier molecular flexibility index (Phi) is 4.29. The quantitative estimate of drug-likeness (QED) is 0.914. The zero-order valence-corrected chi connectivity index (χ0v) is 12.5. The smallest absolute Gasteiger partial charge is 0.348 e. The maximum atomic E-state index is 11.8. The lowest BCUT2D eigenvalue weighted by atomic mass is 10.3. The van der Waals surface area contributed by atoms with E-state index in [0.717, 1.165) is 10.7 Å². The number of hydrogen-bond acceptors (Lipinski definition) is 5. The summed E-state index contributed by atoms with van der Waals surface area (Å²) in [6, 6.07) is 1.84. The number of nitrogens with zero attached hydrogens (tertiary/aromatic N) is 3. The van der Waals surface area contributed by atoms with Crippen molar-refractivity contribution in [2.24, 2.45) is 0 Å². The van der Waals surface area contributed by atoms with E-state index in [9.17, 15) is 9.59 Å². The van der Waals surface area contributed by atoms with Gasteiger partial charge in [0, 0.05) is 29.9 Å². The second-order valence-electron chi connectivity index (χ2n) is 4.48. The Morgan fingerprint density at radius 2 is 2.10 bits per heavy atom. The van der Waals surface area contributed by atoms with Crippen LogP contribution in [-0.4, -0.2) is 27.0 Å². The molecule has 0 radical (unpaired) electrons. The Morgan fingerprint density at radius 3 is 2.70 bits per heavy atom. The fourth-order valence-corrected chi connectivity index (χ4v) is 2.48. The monoisotopic (exact) mass is 292 g/mol. The third kappa shape index (κ3) is 3.30. The largest absolute Gasteiger partial charge is 0.349 e. The third-order valence-electron chi connectivity index (χ3n) is 2.82. The minimum absolute atomic E-state index is 0.222. The van der Waals surface area contributed by atoms with Crippen molar-refractivity contribution < 1.29 is 4.79 Å². The molecule has 2 aromatic rings. The van der Waals surface area contributed by atoms with E-state index in [2.05, 4.69) is 15.3 Å². The minimum Gasteiger partial charge on any atom is -0.349 e. The van der Waals surface area contributed by atoms with Crippen molar-refractivity contribution in [1.29, 1.82) is 0 Å². The molecule has 0 aromatic carbocycles. The molecule has 0 saturated heterocycles. The Balaban J connectivity index is 1.97. The number of rotatable bonds is 4. The first kappa shape index (κ1) is 14.4. The summed E-state index contributed by atoms with van der Waals surface area (Å²) in [6.07, 6.45) is 0. The molecule has 0 aliphatic heterocycles. The van der Waals surface area contributed by atoms with Gasteiger partial charge in [0.15, 0.2) is 0 Å². The fraction of sp³-hybridized carbons (Fsp3) is 0.385. The van der Waals surface area contributed by atoms with Crippen LogP contribution in [0.5, 0.6) is 0 Å². The Bertz CT molecular complexity index is 690. The van der Waals surface area contributed by atoms with Crippen molar-refractivity contribution in [3.63, 3.8) is 0 Å². The SMILES string of the molecule is Cc1cc(C)n(CCNC(=O)c2csc(C)n2)c(=O)n1. The number of nitrogens with one attached hydrogen (secondary N) is 1. The highest BCUT2D eigenvalue weighted by Crippen LogP contribution is 2.07. The van der Waals surface area contributed by atoms with E-state index in [1.54, 1.807) is 16.9 Å². The third-order valence-corrected chi connectivity index (χ3v) is 3.59. The van der Waals surface area contributed by atoms with Crippen molar-refractivity contribution in [3.8, 4) is 0 Å². The van der Waals surface area contributed by atoms with E-state index in [-0.39, 0.29) is 11.6 Å². The highest BCUT2D eigenvalue weighted by Gasteiger charge is 2.09. The number of carbonyl (C=O) groups excluding carboxylic acids is 1. The predicted octanol–water partition coefficient (Wildman–Crippen LogP) is 1.06. The van der Waals surface area contributed by atoms with Crippen molar-refractivity contribution in [3.05, 3.63) is 44.0 Å². The van der Waals surface area contributed by atoms with Gasteiger partial charge in [-0.3, -0.25) is 9.36 Å². The molecular formula is C13H16N4O2S. The van der Waals surface area contributed by atoms with Crippen LogP contribution in [0, 0.1) is 20.8 Å². The molecule has 2 aromatic heterocycles. The van der Waals surface area contributed by atoms with Crippen molar-refractivity contribution in [2.45, 2.75) is 27.3 Å². The highest BCUT2D eigenvalue weighted by molar-refractivity contribution is 7.09. The van der Waals surface area contributed by atoms with Gasteiger partial charge < -0.3 is 5.32 Å². The van der Waals surface area contributed by atoms with Gasteiger partial charge in [0.1, 0.15) is 5.69 Å². The molecule has 0 aliphatic rings. The number of aromatic nitrogens is 3. The molecule has 7 heteroatoms. The summed E-state index contributed by atoms with van der Waals surface area (Å²) in [5.74, 6) is -0.222. The normalized spacial score (nSPS) is 10.6. The molecule has 0 atom stereocenters. The van der Waals surface area contributed by atoms with Crippen LogP contribution in [0.15, 0.2) is 16.2 Å². The molecule has 0 saturated carbocycles. The molecular weight excluding hydrogens is 276 g/mol. The molecule has 20 heavy (non-hydrogen) atoms. The first-order valence-electron chi connectivity index (χ1n) is 6.23. The van der Waals surface area contributed by atoms with Gasteiger partial charge in [-0.15, -0.1) is 11.3 Å². The highest BCUT2D eigenvalue weighted by atomic mass is 32.1. The van der Waals surface area contributed by atoms with E-state index >= 15 is 0 Å². The molecule has 6 nitrogen and oxygen atoms in total. The summed E-state index contributed by atoms with van der Waals surface area (Å²) >= 11 is 1.43. The van der Waals surface area contributed by atoms with Crippen molar-refractivity contribution in [2.75, 3.05) is 6.54 Å². The summed E-state index contributed by atoms with van der Waals surface area (Å²) in [5, 5.41) is 5.32. The zero-order chi connectivity index (χ0) is 14.7. The Hall–Kier alpha value is -2.02. The Morgan fingerprint density at radius 1 is 1.35 bits per heavy atom. The number of hydrogen-bond donors (Lipinski definition) is 1. The molecule has 0 spiro atoms. The van der Waals surface area contributed by atoms with E-state index in [1.165, 1.54) is 11.3 Å². The number of amides is 1. The lowest BCUT2D eigenvalue weighted by molar-refractivity contribution is 0.0947. The number of thiazole rings is 1. The molecule has 2 rings (SSSR count). The average molecular weight is 292 g/mol. The standard InChI is InChI=1S/C13H16N4O2S/c1-8-6-9(2)17(13(19)15-8)5-4-14-12(18)11-7-20-10(3)16-11/h6-7H,4-5H2,1-3H3,(H,14,18). The van der Waals surface area contributed by atoms with Crippen molar-refractivity contribution >= 4 is 17.2 Å². The van der Waals surface area contributed by atoms with Crippen LogP contribution in [0.25, 0.3) is 0 Å². The summed E-state index contributed by atoms with van der Waals surface area (Å²) in [6.45, 7) is 6.24. The molecule has 0 bridgehead atoms. The summed E-state index contributed by atoms with van der Waals surface area (Å²) in [4.78, 5) is 31.5. The van der Waals surface area contributed by atoms with E-state index < -0.39 is 0 Å². The van der Waals surface area contributed by atoms with Crippen LogP contribution in [0.1, 0.15) is 26.9 Å². The second kappa shape index (κ2) is 5.96. The predicted molar refractivity (Wildman–Crippen MR) is 77.2 cm³/mol. The van der Waals surface area contributed by atoms with Gasteiger partial charge >= 0.3 is 5.69 Å². The first-order valence-corrected chi connectivity index (χ1v) is 7.11. The second-order valence-corrected chi connectivity index (χ2v) is 5.54. The average Bonchev–Trinajstić information content (AvgIpc) is 2.79. The van der Waals surface area contributed by atoms with Crippen molar-refractivity contribution in [1.82, 2.24) is 19.9 Å². The first-order chi connectivity index (χ1) is 9.47. The molecule has 0 aliphatic carbocycles. The number of carbonyl (C=O) groups is 1. The maximum Gasteiger partial charge on any atom is 0.348 e. The van der Waals surface area contributed by atoms with Gasteiger partial charge in [0.2, 0.25) is 0 Å². The van der Waals surface area contributed by atoms with Gasteiger partial charge in [-0.25, -0.2) is 9.78 Å².